The summed E-state index contributed by atoms with van der Waals surface area (Å²) in [5, 5.41) is 3.92. The highest BCUT2D eigenvalue weighted by molar-refractivity contribution is 5.76. The first-order valence-corrected chi connectivity index (χ1v) is 6.36. The molecule has 0 aliphatic carbocycles. The molecule has 1 aromatic heterocycles. The second-order valence-corrected chi connectivity index (χ2v) is 5.50. The molecule has 102 valence electrons. The third-order valence-electron chi connectivity index (χ3n) is 2.45. The van der Waals surface area contributed by atoms with Crippen LogP contribution in [0.5, 0.6) is 0 Å². The summed E-state index contributed by atoms with van der Waals surface area (Å²) < 4.78 is 10.2. The molecule has 1 unspecified atom stereocenters. The van der Waals surface area contributed by atoms with Gasteiger partial charge in [-0.2, -0.15) is 4.98 Å². The zero-order chi connectivity index (χ0) is 13.8. The number of carbonyl (C=O) groups excluding carboxylic acids is 1. The van der Waals surface area contributed by atoms with Gasteiger partial charge in [0.15, 0.2) is 5.82 Å². The van der Waals surface area contributed by atoms with E-state index in [0.29, 0.717) is 24.7 Å². The summed E-state index contributed by atoms with van der Waals surface area (Å²) in [4.78, 5) is 16.0. The van der Waals surface area contributed by atoms with Gasteiger partial charge in [-0.25, -0.2) is 0 Å². The van der Waals surface area contributed by atoms with Gasteiger partial charge in [0.1, 0.15) is 5.92 Å². The van der Waals surface area contributed by atoms with Crippen LogP contribution in [0.1, 0.15) is 58.7 Å². The quantitative estimate of drug-likeness (QED) is 0.756. The molecule has 5 heteroatoms. The summed E-state index contributed by atoms with van der Waals surface area (Å²) in [5.41, 5.74) is 0.0901. The van der Waals surface area contributed by atoms with Gasteiger partial charge >= 0.3 is 5.97 Å². The fourth-order valence-corrected chi connectivity index (χ4v) is 1.64. The van der Waals surface area contributed by atoms with E-state index in [9.17, 15) is 4.79 Å². The molecule has 1 heterocycles. The molecule has 0 saturated heterocycles. The first-order chi connectivity index (χ1) is 8.37. The number of esters is 1. The van der Waals surface area contributed by atoms with E-state index in [0.717, 1.165) is 6.42 Å². The number of carbonyl (C=O) groups is 1. The highest BCUT2D eigenvalue weighted by Crippen LogP contribution is 2.23. The predicted molar refractivity (Wildman–Crippen MR) is 67.1 cm³/mol. The van der Waals surface area contributed by atoms with E-state index in [1.807, 2.05) is 6.92 Å². The number of ether oxygens (including phenoxy) is 1. The van der Waals surface area contributed by atoms with E-state index in [-0.39, 0.29) is 11.4 Å². The lowest BCUT2D eigenvalue weighted by molar-refractivity contribution is -0.145. The minimum atomic E-state index is -0.453. The Balaban J connectivity index is 2.79. The molecule has 0 aliphatic rings. The minimum Gasteiger partial charge on any atom is -0.465 e. The zero-order valence-electron chi connectivity index (χ0n) is 11.8. The molecule has 1 atom stereocenters. The SMILES string of the molecule is CCOC(=O)C(CC)c1nc(CC(C)(C)C)no1. The van der Waals surface area contributed by atoms with Crippen molar-refractivity contribution in [2.45, 2.75) is 53.4 Å². The molecule has 0 N–H and O–H groups in total. The Hall–Kier alpha value is -1.39. The summed E-state index contributed by atoms with van der Waals surface area (Å²) in [6.07, 6.45) is 1.31. The number of nitrogens with zero attached hydrogens (tertiary/aromatic N) is 2. The lowest BCUT2D eigenvalue weighted by Gasteiger charge is -2.14. The topological polar surface area (TPSA) is 65.2 Å². The Labute approximate surface area is 108 Å². The van der Waals surface area contributed by atoms with Crippen LogP contribution in [0.15, 0.2) is 4.52 Å². The van der Waals surface area contributed by atoms with Crippen molar-refractivity contribution in [3.05, 3.63) is 11.7 Å². The summed E-state index contributed by atoms with van der Waals surface area (Å²) in [6, 6.07) is 0. The zero-order valence-corrected chi connectivity index (χ0v) is 11.8. The normalized spacial score (nSPS) is 13.4. The van der Waals surface area contributed by atoms with Gasteiger partial charge in [-0.3, -0.25) is 4.79 Å². The second kappa shape index (κ2) is 5.98. The maximum atomic E-state index is 11.7. The Morgan fingerprint density at radius 1 is 1.39 bits per heavy atom. The van der Waals surface area contributed by atoms with Crippen LogP contribution in [0, 0.1) is 5.41 Å². The summed E-state index contributed by atoms with van der Waals surface area (Å²) in [5.74, 6) is 0.243. The number of rotatable bonds is 5. The molecular weight excluding hydrogens is 232 g/mol. The molecule has 0 bridgehead atoms. The molecule has 5 nitrogen and oxygen atoms in total. The van der Waals surface area contributed by atoms with E-state index in [1.165, 1.54) is 0 Å². The van der Waals surface area contributed by atoms with E-state index in [2.05, 4.69) is 30.9 Å². The lowest BCUT2D eigenvalue weighted by Crippen LogP contribution is -2.16. The molecular formula is C13H22N2O3. The van der Waals surface area contributed by atoms with Crippen LogP contribution in [0.25, 0.3) is 0 Å². The summed E-state index contributed by atoms with van der Waals surface area (Å²) in [7, 11) is 0. The maximum absolute atomic E-state index is 11.7. The average Bonchev–Trinajstić information content (AvgIpc) is 2.65. The first-order valence-electron chi connectivity index (χ1n) is 6.36. The van der Waals surface area contributed by atoms with E-state index in [4.69, 9.17) is 9.26 Å². The van der Waals surface area contributed by atoms with Crippen LogP contribution < -0.4 is 0 Å². The highest BCUT2D eigenvalue weighted by atomic mass is 16.5. The lowest BCUT2D eigenvalue weighted by atomic mass is 9.92. The first kappa shape index (κ1) is 14.7. The molecule has 0 spiro atoms. The van der Waals surface area contributed by atoms with Crippen molar-refractivity contribution in [3.63, 3.8) is 0 Å². The van der Waals surface area contributed by atoms with Crippen LogP contribution in [-0.4, -0.2) is 22.7 Å². The van der Waals surface area contributed by atoms with Crippen LogP contribution >= 0.6 is 0 Å². The van der Waals surface area contributed by atoms with Crippen molar-refractivity contribution in [2.24, 2.45) is 5.41 Å². The van der Waals surface area contributed by atoms with Crippen molar-refractivity contribution in [2.75, 3.05) is 6.61 Å². The fraction of sp³-hybridized carbons (Fsp3) is 0.769. The number of aromatic nitrogens is 2. The number of hydrogen-bond acceptors (Lipinski definition) is 5. The highest BCUT2D eigenvalue weighted by Gasteiger charge is 2.27. The second-order valence-electron chi connectivity index (χ2n) is 5.50. The van der Waals surface area contributed by atoms with Gasteiger partial charge in [0.05, 0.1) is 6.61 Å². The van der Waals surface area contributed by atoms with Crippen LogP contribution in [-0.2, 0) is 16.0 Å². The fourth-order valence-electron chi connectivity index (χ4n) is 1.64. The third-order valence-corrected chi connectivity index (χ3v) is 2.45. The molecule has 18 heavy (non-hydrogen) atoms. The van der Waals surface area contributed by atoms with Crippen molar-refractivity contribution in [1.82, 2.24) is 10.1 Å². The molecule has 0 fully saturated rings. The standard InChI is InChI=1S/C13H22N2O3/c1-6-9(12(16)17-7-2)11-14-10(15-18-11)8-13(3,4)5/h9H,6-8H2,1-5H3. The van der Waals surface area contributed by atoms with Crippen molar-refractivity contribution >= 4 is 5.97 Å². The summed E-state index contributed by atoms with van der Waals surface area (Å²) in [6.45, 7) is 10.3. The van der Waals surface area contributed by atoms with Gasteiger partial charge in [0, 0.05) is 6.42 Å². The third kappa shape index (κ3) is 4.13. The van der Waals surface area contributed by atoms with Crippen molar-refractivity contribution in [3.8, 4) is 0 Å². The summed E-state index contributed by atoms with van der Waals surface area (Å²) >= 11 is 0. The maximum Gasteiger partial charge on any atom is 0.318 e. The smallest absolute Gasteiger partial charge is 0.318 e. The molecule has 0 saturated carbocycles. The van der Waals surface area contributed by atoms with Gasteiger partial charge in [-0.05, 0) is 18.8 Å². The Morgan fingerprint density at radius 2 is 2.06 bits per heavy atom. The molecule has 0 amide bonds. The molecule has 0 radical (unpaired) electrons. The Kier molecular flexibility index (Phi) is 4.87. The molecule has 0 aromatic carbocycles. The monoisotopic (exact) mass is 254 g/mol. The molecule has 1 rings (SSSR count). The van der Waals surface area contributed by atoms with Gasteiger partial charge in [-0.15, -0.1) is 0 Å². The van der Waals surface area contributed by atoms with Crippen LogP contribution in [0.3, 0.4) is 0 Å². The predicted octanol–water partition coefficient (Wildman–Crippen LogP) is 2.71. The van der Waals surface area contributed by atoms with Gasteiger partial charge in [0.2, 0.25) is 5.89 Å². The van der Waals surface area contributed by atoms with E-state index >= 15 is 0 Å². The van der Waals surface area contributed by atoms with Gasteiger partial charge in [0.25, 0.3) is 0 Å². The van der Waals surface area contributed by atoms with E-state index < -0.39 is 5.92 Å². The molecule has 1 aromatic rings. The van der Waals surface area contributed by atoms with Crippen LogP contribution in [0.4, 0.5) is 0 Å². The van der Waals surface area contributed by atoms with Gasteiger partial charge in [-0.1, -0.05) is 32.9 Å². The van der Waals surface area contributed by atoms with E-state index in [1.54, 1.807) is 6.92 Å². The largest absolute Gasteiger partial charge is 0.465 e. The molecule has 0 aliphatic heterocycles. The van der Waals surface area contributed by atoms with Crippen molar-refractivity contribution in [1.29, 1.82) is 0 Å². The Morgan fingerprint density at radius 3 is 2.56 bits per heavy atom. The van der Waals surface area contributed by atoms with Crippen LogP contribution in [0.2, 0.25) is 0 Å². The average molecular weight is 254 g/mol. The van der Waals surface area contributed by atoms with Crippen molar-refractivity contribution < 1.29 is 14.1 Å². The minimum absolute atomic E-state index is 0.0901. The Bertz CT molecular complexity index is 393. The number of hydrogen-bond donors (Lipinski definition) is 0. The van der Waals surface area contributed by atoms with Gasteiger partial charge < -0.3 is 9.26 Å².